The second-order valence-corrected chi connectivity index (χ2v) is 6.53. The molecule has 116 valence electrons. The zero-order chi connectivity index (χ0) is 15.3. The Balaban J connectivity index is 1.77. The zero-order valence-electron chi connectivity index (χ0n) is 12.3. The molecule has 0 radical (unpaired) electrons. The Morgan fingerprint density at radius 3 is 2.76 bits per heavy atom. The highest BCUT2D eigenvalue weighted by molar-refractivity contribution is 9.10. The maximum Gasteiger partial charge on any atom is 0.220 e. The molecule has 0 heterocycles. The molecule has 1 aromatic rings. The van der Waals surface area contributed by atoms with Crippen LogP contribution in [-0.2, 0) is 11.2 Å². The van der Waals surface area contributed by atoms with Crippen LogP contribution < -0.4 is 10.1 Å². The predicted molar refractivity (Wildman–Crippen MR) is 85.4 cm³/mol. The highest BCUT2D eigenvalue weighted by Crippen LogP contribution is 2.28. The smallest absolute Gasteiger partial charge is 0.220 e. The maximum atomic E-state index is 11.9. The van der Waals surface area contributed by atoms with Crippen LogP contribution in [0.4, 0.5) is 0 Å². The molecule has 1 aliphatic rings. The molecule has 21 heavy (non-hydrogen) atoms. The van der Waals surface area contributed by atoms with E-state index in [9.17, 15) is 9.90 Å². The van der Waals surface area contributed by atoms with E-state index in [1.807, 2.05) is 18.2 Å². The van der Waals surface area contributed by atoms with E-state index in [2.05, 4.69) is 21.2 Å². The van der Waals surface area contributed by atoms with Crippen molar-refractivity contribution in [3.8, 4) is 5.75 Å². The van der Waals surface area contributed by atoms with Gasteiger partial charge in [-0.05, 0) is 52.9 Å². The van der Waals surface area contributed by atoms with Crippen LogP contribution in [0.15, 0.2) is 22.7 Å². The molecule has 1 aliphatic carbocycles. The molecule has 1 aromatic carbocycles. The first kappa shape index (κ1) is 16.3. The highest BCUT2D eigenvalue weighted by Gasteiger charge is 2.31. The molecule has 0 atom stereocenters. The number of halogens is 1. The van der Waals surface area contributed by atoms with Crippen LogP contribution in [0.5, 0.6) is 5.75 Å². The van der Waals surface area contributed by atoms with Gasteiger partial charge in [-0.1, -0.05) is 18.9 Å². The zero-order valence-corrected chi connectivity index (χ0v) is 13.9. The molecular formula is C16H22BrNO3. The van der Waals surface area contributed by atoms with Gasteiger partial charge < -0.3 is 15.2 Å². The van der Waals surface area contributed by atoms with Crippen LogP contribution in [0.1, 0.15) is 37.7 Å². The molecule has 2 N–H and O–H groups in total. The van der Waals surface area contributed by atoms with E-state index in [1.54, 1.807) is 7.11 Å². The van der Waals surface area contributed by atoms with E-state index in [4.69, 9.17) is 4.74 Å². The largest absolute Gasteiger partial charge is 0.496 e. The summed E-state index contributed by atoms with van der Waals surface area (Å²) in [6.45, 7) is 0.373. The summed E-state index contributed by atoms with van der Waals surface area (Å²) in [5.74, 6) is 0.772. The van der Waals surface area contributed by atoms with Crippen LogP contribution in [0.2, 0.25) is 0 Å². The average molecular weight is 356 g/mol. The van der Waals surface area contributed by atoms with Crippen molar-refractivity contribution in [3.63, 3.8) is 0 Å². The van der Waals surface area contributed by atoms with Crippen molar-refractivity contribution >= 4 is 21.8 Å². The number of amides is 1. The minimum Gasteiger partial charge on any atom is -0.496 e. The maximum absolute atomic E-state index is 11.9. The number of benzene rings is 1. The van der Waals surface area contributed by atoms with Crippen LogP contribution >= 0.6 is 15.9 Å². The first-order valence-electron chi connectivity index (χ1n) is 7.34. The van der Waals surface area contributed by atoms with Gasteiger partial charge in [-0.2, -0.15) is 0 Å². The molecule has 0 aromatic heterocycles. The van der Waals surface area contributed by atoms with E-state index in [0.29, 0.717) is 19.4 Å². The summed E-state index contributed by atoms with van der Waals surface area (Å²) in [5, 5.41) is 13.0. The molecular weight excluding hydrogens is 334 g/mol. The summed E-state index contributed by atoms with van der Waals surface area (Å²) in [6.07, 6.45) is 4.78. The molecule has 4 nitrogen and oxygen atoms in total. The van der Waals surface area contributed by atoms with Crippen molar-refractivity contribution in [2.75, 3.05) is 13.7 Å². The van der Waals surface area contributed by atoms with Gasteiger partial charge in [-0.15, -0.1) is 0 Å². The average Bonchev–Trinajstić information content (AvgIpc) is 2.90. The first-order chi connectivity index (χ1) is 10.0. The summed E-state index contributed by atoms with van der Waals surface area (Å²) in [6, 6.07) is 5.82. The van der Waals surface area contributed by atoms with Crippen molar-refractivity contribution in [1.29, 1.82) is 0 Å². The molecule has 0 bridgehead atoms. The van der Waals surface area contributed by atoms with Gasteiger partial charge in [0, 0.05) is 13.0 Å². The minimum atomic E-state index is -0.682. The van der Waals surface area contributed by atoms with Gasteiger partial charge in [0.2, 0.25) is 5.91 Å². The number of nitrogens with one attached hydrogen (secondary N) is 1. The van der Waals surface area contributed by atoms with Crippen LogP contribution in [0.3, 0.4) is 0 Å². The van der Waals surface area contributed by atoms with E-state index < -0.39 is 5.60 Å². The Kier molecular flexibility index (Phi) is 5.65. The van der Waals surface area contributed by atoms with Crippen molar-refractivity contribution in [2.24, 2.45) is 0 Å². The number of hydrogen-bond acceptors (Lipinski definition) is 3. The Morgan fingerprint density at radius 1 is 1.43 bits per heavy atom. The van der Waals surface area contributed by atoms with Crippen LogP contribution in [0, 0.1) is 0 Å². The topological polar surface area (TPSA) is 58.6 Å². The second-order valence-electron chi connectivity index (χ2n) is 5.68. The lowest BCUT2D eigenvalue weighted by Crippen LogP contribution is -2.40. The third-order valence-electron chi connectivity index (χ3n) is 4.01. The van der Waals surface area contributed by atoms with Crippen molar-refractivity contribution < 1.29 is 14.6 Å². The molecule has 1 amide bonds. The lowest BCUT2D eigenvalue weighted by atomic mass is 10.0. The second kappa shape index (κ2) is 7.27. The summed E-state index contributed by atoms with van der Waals surface area (Å²) < 4.78 is 6.07. The summed E-state index contributed by atoms with van der Waals surface area (Å²) in [5.41, 5.74) is 0.399. The van der Waals surface area contributed by atoms with E-state index in [1.165, 1.54) is 0 Å². The molecule has 0 unspecified atom stereocenters. The summed E-state index contributed by atoms with van der Waals surface area (Å²) in [4.78, 5) is 11.9. The number of hydrogen-bond donors (Lipinski definition) is 2. The monoisotopic (exact) mass is 355 g/mol. The van der Waals surface area contributed by atoms with E-state index in [0.717, 1.165) is 41.5 Å². The lowest BCUT2D eigenvalue weighted by Gasteiger charge is -2.22. The van der Waals surface area contributed by atoms with Crippen LogP contribution in [-0.4, -0.2) is 30.3 Å². The third kappa shape index (κ3) is 4.71. The molecule has 2 rings (SSSR count). The fraction of sp³-hybridized carbons (Fsp3) is 0.562. The number of rotatable bonds is 6. The van der Waals surface area contributed by atoms with Gasteiger partial charge in [-0.3, -0.25) is 4.79 Å². The number of carbonyl (C=O) groups is 1. The van der Waals surface area contributed by atoms with E-state index in [-0.39, 0.29) is 5.91 Å². The first-order valence-corrected chi connectivity index (χ1v) is 8.13. The van der Waals surface area contributed by atoms with Gasteiger partial charge in [-0.25, -0.2) is 0 Å². The number of ether oxygens (including phenoxy) is 1. The Hall–Kier alpha value is -1.07. The molecule has 0 saturated heterocycles. The fourth-order valence-corrected chi connectivity index (χ4v) is 3.27. The number of carbonyl (C=O) groups excluding carboxylic acids is 1. The normalized spacial score (nSPS) is 16.7. The highest BCUT2D eigenvalue weighted by atomic mass is 79.9. The number of aliphatic hydroxyl groups is 1. The van der Waals surface area contributed by atoms with Gasteiger partial charge in [0.15, 0.2) is 0 Å². The van der Waals surface area contributed by atoms with Crippen LogP contribution in [0.25, 0.3) is 0 Å². The Morgan fingerprint density at radius 2 is 2.14 bits per heavy atom. The van der Waals surface area contributed by atoms with Crippen molar-refractivity contribution in [3.05, 3.63) is 28.2 Å². The summed E-state index contributed by atoms with van der Waals surface area (Å²) >= 11 is 3.44. The van der Waals surface area contributed by atoms with Gasteiger partial charge in [0.25, 0.3) is 0 Å². The molecule has 0 aliphatic heterocycles. The third-order valence-corrected chi connectivity index (χ3v) is 4.63. The number of methoxy groups -OCH3 is 1. The van der Waals surface area contributed by atoms with Crippen molar-refractivity contribution in [2.45, 2.75) is 44.1 Å². The Labute approximate surface area is 134 Å². The number of aryl methyl sites for hydroxylation is 1. The standard InChI is InChI=1S/C16H22BrNO3/c1-21-14-6-4-12(10-13(14)17)5-7-15(19)18-11-16(20)8-2-3-9-16/h4,6,10,20H,2-3,5,7-9,11H2,1H3,(H,18,19). The molecule has 5 heteroatoms. The molecule has 0 spiro atoms. The van der Waals surface area contributed by atoms with E-state index >= 15 is 0 Å². The fourth-order valence-electron chi connectivity index (χ4n) is 2.68. The van der Waals surface area contributed by atoms with Gasteiger partial charge in [0.05, 0.1) is 17.2 Å². The Bertz CT molecular complexity index is 498. The summed E-state index contributed by atoms with van der Waals surface area (Å²) in [7, 11) is 1.63. The predicted octanol–water partition coefficient (Wildman–Crippen LogP) is 2.81. The quantitative estimate of drug-likeness (QED) is 0.824. The molecule has 1 saturated carbocycles. The minimum absolute atomic E-state index is 0.0118. The van der Waals surface area contributed by atoms with Crippen molar-refractivity contribution in [1.82, 2.24) is 5.32 Å². The van der Waals surface area contributed by atoms with Gasteiger partial charge in [0.1, 0.15) is 5.75 Å². The van der Waals surface area contributed by atoms with Gasteiger partial charge >= 0.3 is 0 Å². The lowest BCUT2D eigenvalue weighted by molar-refractivity contribution is -0.122. The SMILES string of the molecule is COc1ccc(CCC(=O)NCC2(O)CCCC2)cc1Br. The molecule has 1 fully saturated rings.